The molecule has 0 aromatic carbocycles. The highest BCUT2D eigenvalue weighted by atomic mass is 32.2. The van der Waals surface area contributed by atoms with Crippen molar-refractivity contribution in [2.75, 3.05) is 19.7 Å². The predicted molar refractivity (Wildman–Crippen MR) is 84.1 cm³/mol. The quantitative estimate of drug-likeness (QED) is 0.798. The van der Waals surface area contributed by atoms with E-state index in [4.69, 9.17) is 4.74 Å². The highest BCUT2D eigenvalue weighted by Crippen LogP contribution is 2.58. The van der Waals surface area contributed by atoms with Gasteiger partial charge in [-0.3, -0.25) is 4.90 Å². The number of hydrogen-bond acceptors (Lipinski definition) is 4. The van der Waals surface area contributed by atoms with Crippen molar-refractivity contribution in [1.29, 1.82) is 0 Å². The van der Waals surface area contributed by atoms with Gasteiger partial charge in [0.15, 0.2) is 9.84 Å². The third-order valence-corrected chi connectivity index (χ3v) is 9.54. The summed E-state index contributed by atoms with van der Waals surface area (Å²) >= 11 is 0. The number of hydrogen-bond donors (Lipinski definition) is 0. The molecule has 2 bridgehead atoms. The predicted octanol–water partition coefficient (Wildman–Crippen LogP) is 2.23. The van der Waals surface area contributed by atoms with Crippen LogP contribution in [0.1, 0.15) is 53.9 Å². The molecule has 4 nitrogen and oxygen atoms in total. The SMILES string of the molecule is CC(C)(C)C1(S(=O)(=O)C(C)(C)CN2CC3CC2CO3)CC1. The molecule has 0 aromatic rings. The van der Waals surface area contributed by atoms with Crippen LogP contribution in [-0.2, 0) is 14.6 Å². The molecular formula is C16H29NO3S. The Labute approximate surface area is 129 Å². The zero-order chi connectivity index (χ0) is 15.7. The zero-order valence-electron chi connectivity index (χ0n) is 14.0. The third-order valence-electron chi connectivity index (χ3n) is 5.91. The maximum atomic E-state index is 13.3. The van der Waals surface area contributed by atoms with Crippen LogP contribution in [0.15, 0.2) is 0 Å². The van der Waals surface area contributed by atoms with Crippen LogP contribution in [0, 0.1) is 5.41 Å². The first-order valence-electron chi connectivity index (χ1n) is 8.10. The van der Waals surface area contributed by atoms with Crippen molar-refractivity contribution >= 4 is 9.84 Å². The van der Waals surface area contributed by atoms with E-state index in [0.29, 0.717) is 18.7 Å². The molecule has 3 fully saturated rings. The van der Waals surface area contributed by atoms with Gasteiger partial charge in [0.05, 0.1) is 22.2 Å². The molecule has 3 rings (SSSR count). The van der Waals surface area contributed by atoms with Crippen molar-refractivity contribution in [3.63, 3.8) is 0 Å². The van der Waals surface area contributed by atoms with Crippen LogP contribution < -0.4 is 0 Å². The summed E-state index contributed by atoms with van der Waals surface area (Å²) in [5, 5.41) is 0. The van der Waals surface area contributed by atoms with E-state index in [1.165, 1.54) is 0 Å². The lowest BCUT2D eigenvalue weighted by molar-refractivity contribution is 0.0275. The fraction of sp³-hybridized carbons (Fsp3) is 1.00. The van der Waals surface area contributed by atoms with Gasteiger partial charge in [0.25, 0.3) is 0 Å². The van der Waals surface area contributed by atoms with Gasteiger partial charge in [-0.15, -0.1) is 0 Å². The maximum Gasteiger partial charge on any atom is 0.162 e. The summed E-state index contributed by atoms with van der Waals surface area (Å²) in [6.07, 6.45) is 3.03. The molecular weight excluding hydrogens is 286 g/mol. The Balaban J connectivity index is 1.81. The molecule has 2 atom stereocenters. The largest absolute Gasteiger partial charge is 0.375 e. The molecule has 0 amide bonds. The molecule has 0 radical (unpaired) electrons. The van der Waals surface area contributed by atoms with E-state index in [1.807, 2.05) is 13.8 Å². The summed E-state index contributed by atoms with van der Waals surface area (Å²) in [7, 11) is -3.17. The smallest absolute Gasteiger partial charge is 0.162 e. The van der Waals surface area contributed by atoms with Crippen molar-refractivity contribution < 1.29 is 13.2 Å². The second-order valence-electron chi connectivity index (χ2n) is 8.78. The number of sulfone groups is 1. The van der Waals surface area contributed by atoms with Crippen LogP contribution in [0.3, 0.4) is 0 Å². The molecule has 1 saturated carbocycles. The van der Waals surface area contributed by atoms with Crippen LogP contribution >= 0.6 is 0 Å². The Kier molecular flexibility index (Phi) is 3.34. The monoisotopic (exact) mass is 315 g/mol. The summed E-state index contributed by atoms with van der Waals surface area (Å²) in [6, 6.07) is 0.425. The fourth-order valence-corrected chi connectivity index (χ4v) is 7.15. The average Bonchev–Trinajstić information content (AvgIpc) is 2.95. The minimum atomic E-state index is -3.17. The van der Waals surface area contributed by atoms with Gasteiger partial charge in [0, 0.05) is 19.1 Å². The van der Waals surface area contributed by atoms with E-state index in [9.17, 15) is 8.42 Å². The standard InChI is InChI=1S/C16H29NO3S/c1-14(2,3)16(6-7-16)21(18,19)15(4,5)11-17-9-13-8-12(17)10-20-13/h12-13H,6-11H2,1-5H3. The molecule has 2 unspecified atom stereocenters. The minimum absolute atomic E-state index is 0.184. The normalized spacial score (nSPS) is 32.6. The number of likely N-dealkylation sites (tertiary alicyclic amines) is 1. The van der Waals surface area contributed by atoms with Crippen molar-refractivity contribution in [1.82, 2.24) is 4.90 Å². The molecule has 5 heteroatoms. The van der Waals surface area contributed by atoms with Gasteiger partial charge in [-0.2, -0.15) is 0 Å². The van der Waals surface area contributed by atoms with E-state index in [-0.39, 0.29) is 5.41 Å². The van der Waals surface area contributed by atoms with Gasteiger partial charge in [-0.1, -0.05) is 20.8 Å². The Morgan fingerprint density at radius 1 is 1.19 bits per heavy atom. The number of fused-ring (bicyclic) bond motifs is 2. The van der Waals surface area contributed by atoms with Gasteiger partial charge in [-0.05, 0) is 38.5 Å². The summed E-state index contributed by atoms with van der Waals surface area (Å²) in [5.74, 6) is 0. The Hall–Kier alpha value is -0.130. The van der Waals surface area contributed by atoms with E-state index in [1.54, 1.807) is 0 Å². The van der Waals surface area contributed by atoms with Crippen molar-refractivity contribution in [2.45, 2.75) is 75.5 Å². The number of rotatable bonds is 4. The fourth-order valence-electron chi connectivity index (χ4n) is 4.31. The molecule has 3 aliphatic rings. The van der Waals surface area contributed by atoms with Crippen LogP contribution in [0.2, 0.25) is 0 Å². The lowest BCUT2D eigenvalue weighted by Crippen LogP contribution is -2.54. The van der Waals surface area contributed by atoms with Crippen molar-refractivity contribution in [2.24, 2.45) is 5.41 Å². The van der Waals surface area contributed by atoms with E-state index >= 15 is 0 Å². The van der Waals surface area contributed by atoms with E-state index in [2.05, 4.69) is 25.7 Å². The van der Waals surface area contributed by atoms with Crippen molar-refractivity contribution in [3.05, 3.63) is 0 Å². The van der Waals surface area contributed by atoms with Gasteiger partial charge < -0.3 is 4.74 Å². The molecule has 1 aliphatic carbocycles. The molecule has 2 aliphatic heterocycles. The van der Waals surface area contributed by atoms with Crippen LogP contribution in [0.4, 0.5) is 0 Å². The summed E-state index contributed by atoms with van der Waals surface area (Å²) in [6.45, 7) is 12.3. The van der Waals surface area contributed by atoms with E-state index < -0.39 is 19.3 Å². The molecule has 122 valence electrons. The van der Waals surface area contributed by atoms with Crippen LogP contribution in [0.25, 0.3) is 0 Å². The highest BCUT2D eigenvalue weighted by Gasteiger charge is 2.65. The number of ether oxygens (including phenoxy) is 1. The second kappa shape index (κ2) is 4.45. The topological polar surface area (TPSA) is 46.6 Å². The molecule has 2 saturated heterocycles. The second-order valence-corrected chi connectivity index (χ2v) is 11.7. The highest BCUT2D eigenvalue weighted by molar-refractivity contribution is 7.94. The van der Waals surface area contributed by atoms with Gasteiger partial charge >= 0.3 is 0 Å². The molecule has 0 N–H and O–H groups in total. The first-order valence-corrected chi connectivity index (χ1v) is 9.58. The maximum absolute atomic E-state index is 13.3. The Morgan fingerprint density at radius 3 is 2.19 bits per heavy atom. The lowest BCUT2D eigenvalue weighted by atomic mass is 9.89. The summed E-state index contributed by atoms with van der Waals surface area (Å²) < 4.78 is 31.1. The molecule has 0 spiro atoms. The third kappa shape index (κ3) is 2.19. The van der Waals surface area contributed by atoms with Crippen LogP contribution in [0.5, 0.6) is 0 Å². The molecule has 0 aromatic heterocycles. The average molecular weight is 315 g/mol. The summed E-state index contributed by atoms with van der Waals surface area (Å²) in [5.41, 5.74) is -0.184. The number of morpholine rings is 1. The first kappa shape index (κ1) is 15.8. The Morgan fingerprint density at radius 2 is 1.81 bits per heavy atom. The zero-order valence-corrected chi connectivity index (χ0v) is 14.8. The van der Waals surface area contributed by atoms with Crippen molar-refractivity contribution in [3.8, 4) is 0 Å². The lowest BCUT2D eigenvalue weighted by Gasteiger charge is -2.40. The first-order chi connectivity index (χ1) is 9.50. The van der Waals surface area contributed by atoms with Gasteiger partial charge in [0.1, 0.15) is 0 Å². The summed E-state index contributed by atoms with van der Waals surface area (Å²) in [4.78, 5) is 2.34. The molecule has 21 heavy (non-hydrogen) atoms. The van der Waals surface area contributed by atoms with E-state index in [0.717, 1.165) is 32.4 Å². The Bertz CT molecular complexity index is 528. The number of nitrogens with zero attached hydrogens (tertiary/aromatic N) is 1. The molecule has 2 heterocycles. The van der Waals surface area contributed by atoms with Crippen LogP contribution in [-0.4, -0.2) is 54.7 Å². The van der Waals surface area contributed by atoms with Gasteiger partial charge in [-0.25, -0.2) is 8.42 Å². The minimum Gasteiger partial charge on any atom is -0.375 e. The van der Waals surface area contributed by atoms with Gasteiger partial charge in [0.2, 0.25) is 0 Å².